The lowest BCUT2D eigenvalue weighted by atomic mass is 9.94. The van der Waals surface area contributed by atoms with Gasteiger partial charge in [-0.25, -0.2) is 4.39 Å². The molecule has 1 aromatic heterocycles. The van der Waals surface area contributed by atoms with Crippen molar-refractivity contribution in [2.45, 2.75) is 82.2 Å². The molecule has 0 aliphatic carbocycles. The summed E-state index contributed by atoms with van der Waals surface area (Å²) in [7, 11) is 0. The van der Waals surface area contributed by atoms with Gasteiger partial charge in [-0.2, -0.15) is 0 Å². The summed E-state index contributed by atoms with van der Waals surface area (Å²) in [6.07, 6.45) is -8.90. The number of amides is 1. The van der Waals surface area contributed by atoms with Crippen molar-refractivity contribution in [3.05, 3.63) is 102 Å². The van der Waals surface area contributed by atoms with Gasteiger partial charge in [-0.05, 0) is 66.3 Å². The summed E-state index contributed by atoms with van der Waals surface area (Å²) >= 11 is 0. The standard InChI is InChI=1S/C33H35FN2O5.C6H14O6/c1-21(2)31-30(33(41)35-25-11-7-4-8-12-25)29(22-9-5-3-6-10-22)32(23-13-15-24(34)16-14-23)36(31)18-17-26(37)19-27(38)20-28(39)40;7-1-3(9)5(11)6(12)4(10)2-8/h3-16,21,26-27,37-38H,17-20H2,1-2H3,(H,35,41)(H,39,40);3-12H,1-2H2/t26-,27-;3-,4-,5-,6-/m11/s1. The molecule has 288 valence electrons. The van der Waals surface area contributed by atoms with Gasteiger partial charge in [0.2, 0.25) is 0 Å². The van der Waals surface area contributed by atoms with Crippen LogP contribution in [0, 0.1) is 5.82 Å². The number of carboxylic acid groups (broad SMARTS) is 1. The fourth-order valence-corrected chi connectivity index (χ4v) is 5.87. The van der Waals surface area contributed by atoms with E-state index in [1.807, 2.05) is 79.1 Å². The van der Waals surface area contributed by atoms with Crippen LogP contribution >= 0.6 is 0 Å². The van der Waals surface area contributed by atoms with Crippen molar-refractivity contribution in [1.29, 1.82) is 0 Å². The molecule has 53 heavy (non-hydrogen) atoms. The highest BCUT2D eigenvalue weighted by Crippen LogP contribution is 2.42. The van der Waals surface area contributed by atoms with Crippen LogP contribution in [-0.4, -0.2) is 112 Å². The van der Waals surface area contributed by atoms with Crippen LogP contribution in [0.1, 0.15) is 55.1 Å². The number of anilines is 1. The Balaban J connectivity index is 0.000000541. The van der Waals surface area contributed by atoms with Gasteiger partial charge in [-0.1, -0.05) is 62.4 Å². The first kappa shape index (κ1) is 42.9. The summed E-state index contributed by atoms with van der Waals surface area (Å²) in [6, 6.07) is 24.8. The average molecular weight is 741 g/mol. The first-order valence-electron chi connectivity index (χ1n) is 17.2. The van der Waals surface area contributed by atoms with Crippen LogP contribution in [-0.2, 0) is 11.3 Å². The van der Waals surface area contributed by atoms with Crippen LogP contribution in [0.2, 0.25) is 0 Å². The number of aliphatic carboxylic acids is 1. The second-order valence-electron chi connectivity index (χ2n) is 12.9. The van der Waals surface area contributed by atoms with Gasteiger partial charge in [0.25, 0.3) is 5.91 Å². The SMILES string of the molecule is CC(C)c1c(C(=O)Nc2ccccc2)c(-c2ccccc2)c(-c2ccc(F)cc2)n1CC[C@@H](O)C[C@@H](O)CC(=O)O.OC[C@@H](O)[C@@H](O)[C@H](O)[C@H](O)CO. The van der Waals surface area contributed by atoms with Gasteiger partial charge in [-0.3, -0.25) is 9.59 Å². The minimum absolute atomic E-state index is 0.0939. The fourth-order valence-electron chi connectivity index (χ4n) is 5.87. The molecule has 0 aliphatic heterocycles. The van der Waals surface area contributed by atoms with E-state index in [0.29, 0.717) is 28.1 Å². The Morgan fingerprint density at radius 1 is 0.736 bits per heavy atom. The maximum Gasteiger partial charge on any atom is 0.305 e. The zero-order valence-electron chi connectivity index (χ0n) is 29.5. The number of hydrogen-bond donors (Lipinski definition) is 10. The number of halogens is 1. The normalized spacial score (nSPS) is 14.7. The van der Waals surface area contributed by atoms with Crippen molar-refractivity contribution in [3.63, 3.8) is 0 Å². The Morgan fingerprint density at radius 3 is 1.75 bits per heavy atom. The fraction of sp³-hybridized carbons (Fsp3) is 0.385. The van der Waals surface area contributed by atoms with Crippen LogP contribution in [0.5, 0.6) is 0 Å². The molecule has 1 heterocycles. The number of benzene rings is 3. The largest absolute Gasteiger partial charge is 0.481 e. The van der Waals surface area contributed by atoms with Crippen molar-refractivity contribution in [3.8, 4) is 22.4 Å². The van der Waals surface area contributed by atoms with E-state index in [1.165, 1.54) is 12.1 Å². The van der Waals surface area contributed by atoms with Crippen molar-refractivity contribution in [2.75, 3.05) is 18.5 Å². The predicted molar refractivity (Wildman–Crippen MR) is 195 cm³/mol. The van der Waals surface area contributed by atoms with Crippen LogP contribution in [0.3, 0.4) is 0 Å². The summed E-state index contributed by atoms with van der Waals surface area (Å²) in [5.74, 6) is -1.93. The Hall–Kier alpha value is -4.51. The van der Waals surface area contributed by atoms with Gasteiger partial charge in [0.1, 0.15) is 30.2 Å². The number of hydrogen-bond acceptors (Lipinski definition) is 10. The quantitative estimate of drug-likeness (QED) is 0.0756. The molecule has 1 amide bonds. The van der Waals surface area contributed by atoms with Crippen molar-refractivity contribution in [2.24, 2.45) is 0 Å². The lowest BCUT2D eigenvalue weighted by molar-refractivity contribution is -0.139. The summed E-state index contributed by atoms with van der Waals surface area (Å²) in [6.45, 7) is 2.80. The maximum absolute atomic E-state index is 14.0. The van der Waals surface area contributed by atoms with E-state index in [4.69, 9.17) is 35.7 Å². The molecule has 0 aliphatic rings. The number of nitrogens with one attached hydrogen (secondary N) is 1. The van der Waals surface area contributed by atoms with E-state index in [1.54, 1.807) is 12.1 Å². The lowest BCUT2D eigenvalue weighted by Gasteiger charge is -2.24. The maximum atomic E-state index is 14.0. The number of carbonyl (C=O) groups excluding carboxylic acids is 1. The number of carbonyl (C=O) groups is 2. The molecular formula is C39H49FN2O11. The number of aliphatic hydroxyl groups is 8. The molecule has 0 spiro atoms. The highest BCUT2D eigenvalue weighted by atomic mass is 19.1. The molecule has 0 fully saturated rings. The summed E-state index contributed by atoms with van der Waals surface area (Å²) in [5, 5.41) is 85.0. The first-order chi connectivity index (χ1) is 25.2. The van der Waals surface area contributed by atoms with Gasteiger partial charge in [0.05, 0.1) is 43.1 Å². The van der Waals surface area contributed by atoms with Crippen LogP contribution in [0.15, 0.2) is 84.9 Å². The number of nitrogens with zero attached hydrogens (tertiary/aromatic N) is 1. The van der Waals surface area contributed by atoms with E-state index in [9.17, 15) is 24.2 Å². The molecule has 6 atom stereocenters. The predicted octanol–water partition coefficient (Wildman–Crippen LogP) is 2.73. The molecule has 13 nitrogen and oxygen atoms in total. The van der Waals surface area contributed by atoms with Crippen molar-refractivity contribution >= 4 is 17.6 Å². The topological polar surface area (TPSA) is 233 Å². The highest BCUT2D eigenvalue weighted by molar-refractivity contribution is 6.12. The molecule has 3 aromatic carbocycles. The van der Waals surface area contributed by atoms with Gasteiger partial charge in [-0.15, -0.1) is 0 Å². The molecule has 0 saturated carbocycles. The average Bonchev–Trinajstić information content (AvgIpc) is 3.49. The molecule has 0 radical (unpaired) electrons. The summed E-state index contributed by atoms with van der Waals surface area (Å²) < 4.78 is 16.0. The van der Waals surface area contributed by atoms with Gasteiger partial charge in [0.15, 0.2) is 0 Å². The highest BCUT2D eigenvalue weighted by Gasteiger charge is 2.31. The Kier molecular flexibility index (Phi) is 16.7. The third-order valence-electron chi connectivity index (χ3n) is 8.44. The number of carboxylic acids is 1. The monoisotopic (exact) mass is 740 g/mol. The minimum Gasteiger partial charge on any atom is -0.481 e. The number of para-hydroxylation sites is 1. The molecule has 10 N–H and O–H groups in total. The molecule has 4 rings (SSSR count). The second-order valence-corrected chi connectivity index (χ2v) is 12.9. The number of aliphatic hydroxyl groups excluding tert-OH is 8. The van der Waals surface area contributed by atoms with E-state index in [2.05, 4.69) is 5.32 Å². The smallest absolute Gasteiger partial charge is 0.305 e. The lowest BCUT2D eigenvalue weighted by Crippen LogP contribution is -2.46. The zero-order valence-corrected chi connectivity index (χ0v) is 29.5. The summed E-state index contributed by atoms with van der Waals surface area (Å²) in [5.41, 5.74) is 4.77. The number of aromatic nitrogens is 1. The van der Waals surface area contributed by atoms with E-state index in [-0.39, 0.29) is 37.0 Å². The van der Waals surface area contributed by atoms with Gasteiger partial charge in [0, 0.05) is 23.5 Å². The Labute approximate surface area is 306 Å². The van der Waals surface area contributed by atoms with Gasteiger partial charge < -0.3 is 55.8 Å². The van der Waals surface area contributed by atoms with Crippen LogP contribution < -0.4 is 5.32 Å². The molecular weight excluding hydrogens is 691 g/mol. The van der Waals surface area contributed by atoms with Crippen molar-refractivity contribution < 1.29 is 59.9 Å². The minimum atomic E-state index is -1.67. The van der Waals surface area contributed by atoms with E-state index < -0.39 is 62.2 Å². The van der Waals surface area contributed by atoms with Crippen LogP contribution in [0.25, 0.3) is 22.4 Å². The third kappa shape index (κ3) is 12.0. The Bertz CT molecular complexity index is 1700. The Morgan fingerprint density at radius 2 is 1.26 bits per heavy atom. The summed E-state index contributed by atoms with van der Waals surface area (Å²) in [4.78, 5) is 25.0. The zero-order chi connectivity index (χ0) is 39.2. The molecule has 14 heteroatoms. The molecule has 4 aromatic rings. The van der Waals surface area contributed by atoms with E-state index >= 15 is 0 Å². The molecule has 0 unspecified atom stereocenters. The second kappa shape index (κ2) is 20.7. The molecule has 0 saturated heterocycles. The number of rotatable bonds is 17. The van der Waals surface area contributed by atoms with Crippen LogP contribution in [0.4, 0.5) is 10.1 Å². The van der Waals surface area contributed by atoms with Crippen molar-refractivity contribution in [1.82, 2.24) is 4.57 Å². The van der Waals surface area contributed by atoms with E-state index in [0.717, 1.165) is 11.3 Å². The molecule has 0 bridgehead atoms. The third-order valence-corrected chi connectivity index (χ3v) is 8.44. The van der Waals surface area contributed by atoms with Gasteiger partial charge >= 0.3 is 5.97 Å². The first-order valence-corrected chi connectivity index (χ1v) is 17.2.